The van der Waals surface area contributed by atoms with Crippen molar-refractivity contribution >= 4 is 10.9 Å². The van der Waals surface area contributed by atoms with Crippen molar-refractivity contribution in [1.82, 2.24) is 4.98 Å². The van der Waals surface area contributed by atoms with Gasteiger partial charge < -0.3 is 9.72 Å². The number of aromatic amines is 1. The van der Waals surface area contributed by atoms with Gasteiger partial charge in [0.1, 0.15) is 5.75 Å². The largest absolute Gasteiger partial charge is 0.497 e. The molecule has 19 heavy (non-hydrogen) atoms. The molecule has 2 aromatic rings. The van der Waals surface area contributed by atoms with E-state index in [2.05, 4.69) is 44.1 Å². The highest BCUT2D eigenvalue weighted by Gasteiger charge is 2.03. The normalized spacial score (nSPS) is 9.16. The number of methoxy groups -OCH3 is 1. The fourth-order valence-electron chi connectivity index (χ4n) is 1.76. The first-order valence-electron chi connectivity index (χ1n) is 7.40. The van der Waals surface area contributed by atoms with Gasteiger partial charge in [-0.15, -0.1) is 0 Å². The third-order valence-corrected chi connectivity index (χ3v) is 2.49. The van der Waals surface area contributed by atoms with Crippen LogP contribution in [-0.4, -0.2) is 12.1 Å². The first kappa shape index (κ1) is 17.6. The predicted molar refractivity (Wildman–Crippen MR) is 88.3 cm³/mol. The summed E-state index contributed by atoms with van der Waals surface area (Å²) in [6.45, 7) is 10.4. The van der Waals surface area contributed by atoms with Gasteiger partial charge in [-0.25, -0.2) is 0 Å². The average Bonchev–Trinajstić information content (AvgIpc) is 2.85. The molecule has 1 heterocycles. The molecule has 0 spiro atoms. The molecular weight excluding hydrogens is 234 g/mol. The lowest BCUT2D eigenvalue weighted by Gasteiger charge is -2.00. The van der Waals surface area contributed by atoms with E-state index in [-0.39, 0.29) is 1.43 Å². The van der Waals surface area contributed by atoms with E-state index < -0.39 is 0 Å². The molecule has 0 aliphatic heterocycles. The van der Waals surface area contributed by atoms with Crippen molar-refractivity contribution in [3.8, 4) is 5.75 Å². The molecule has 0 saturated carbocycles. The summed E-state index contributed by atoms with van der Waals surface area (Å²) in [6, 6.07) is 6.14. The van der Waals surface area contributed by atoms with Crippen LogP contribution in [0.2, 0.25) is 0 Å². The van der Waals surface area contributed by atoms with Crippen LogP contribution in [0.4, 0.5) is 0 Å². The monoisotopic (exact) mass is 265 g/mol. The Balaban J connectivity index is 0. The van der Waals surface area contributed by atoms with E-state index in [4.69, 9.17) is 4.74 Å². The van der Waals surface area contributed by atoms with Gasteiger partial charge >= 0.3 is 0 Å². The zero-order chi connectivity index (χ0) is 14.7. The first-order valence-corrected chi connectivity index (χ1v) is 7.40. The fraction of sp³-hybridized carbons (Fsp3) is 0.529. The maximum Gasteiger partial charge on any atom is 0.119 e. The second-order valence-corrected chi connectivity index (χ2v) is 4.18. The molecule has 0 atom stereocenters. The minimum atomic E-state index is 0. The fourth-order valence-corrected chi connectivity index (χ4v) is 1.76. The van der Waals surface area contributed by atoms with Crippen LogP contribution in [0, 0.1) is 0 Å². The quantitative estimate of drug-likeness (QED) is 0.743. The summed E-state index contributed by atoms with van der Waals surface area (Å²) >= 11 is 0. The summed E-state index contributed by atoms with van der Waals surface area (Å²) in [5.74, 6) is 0.925. The van der Waals surface area contributed by atoms with Crippen LogP contribution in [0.25, 0.3) is 10.9 Å². The molecular formula is C17H31NO. The molecule has 0 amide bonds. The number of rotatable bonds is 3. The molecule has 0 bridgehead atoms. The Morgan fingerprint density at radius 1 is 1.16 bits per heavy atom. The van der Waals surface area contributed by atoms with Crippen LogP contribution >= 0.6 is 0 Å². The third-order valence-electron chi connectivity index (χ3n) is 2.49. The molecule has 0 aliphatic carbocycles. The third kappa shape index (κ3) is 5.37. The average molecular weight is 265 g/mol. The summed E-state index contributed by atoms with van der Waals surface area (Å²) in [5.41, 5.74) is 2.57. The Hall–Kier alpha value is -1.44. The molecule has 0 unspecified atom stereocenters. The highest BCUT2D eigenvalue weighted by atomic mass is 16.5. The van der Waals surface area contributed by atoms with Gasteiger partial charge in [-0.2, -0.15) is 0 Å². The Bertz CT molecular complexity index is 451. The van der Waals surface area contributed by atoms with Crippen LogP contribution in [0.5, 0.6) is 5.75 Å². The molecule has 0 saturated heterocycles. The SMILES string of the molecule is CC.CCC.CCCc1c[nH]c2ccc(OC)cc12.[HH]. The topological polar surface area (TPSA) is 25.0 Å². The van der Waals surface area contributed by atoms with Gasteiger partial charge in [0.05, 0.1) is 7.11 Å². The number of aromatic nitrogens is 1. The van der Waals surface area contributed by atoms with Crippen LogP contribution in [0.15, 0.2) is 24.4 Å². The number of H-pyrrole nitrogens is 1. The Labute approximate surface area is 119 Å². The van der Waals surface area contributed by atoms with Crippen molar-refractivity contribution in [1.29, 1.82) is 0 Å². The van der Waals surface area contributed by atoms with E-state index in [0.717, 1.165) is 12.2 Å². The van der Waals surface area contributed by atoms with Crippen molar-refractivity contribution in [2.24, 2.45) is 0 Å². The van der Waals surface area contributed by atoms with Gasteiger partial charge in [0.2, 0.25) is 0 Å². The van der Waals surface area contributed by atoms with Gasteiger partial charge in [0.15, 0.2) is 0 Å². The maximum absolute atomic E-state index is 5.21. The molecule has 2 rings (SSSR count). The van der Waals surface area contributed by atoms with Crippen molar-refractivity contribution in [3.63, 3.8) is 0 Å². The Kier molecular flexibility index (Phi) is 9.69. The second kappa shape index (κ2) is 10.5. The lowest BCUT2D eigenvalue weighted by Crippen LogP contribution is -1.83. The summed E-state index contributed by atoms with van der Waals surface area (Å²) in [4.78, 5) is 3.27. The molecule has 0 aliphatic rings. The molecule has 2 heteroatoms. The molecule has 1 N–H and O–H groups in total. The van der Waals surface area contributed by atoms with E-state index in [1.807, 2.05) is 19.9 Å². The standard InChI is InChI=1S/C12H15NO.C3H8.C2H6.H2/c1-3-4-9-8-13-12-6-5-10(14-2)7-11(9)12;1-3-2;1-2;/h5-8,13H,3-4H2,1-2H3;3H2,1-2H3;1-2H3;1H. The highest BCUT2D eigenvalue weighted by molar-refractivity contribution is 5.84. The zero-order valence-corrected chi connectivity index (χ0v) is 13.3. The molecule has 2 nitrogen and oxygen atoms in total. The van der Waals surface area contributed by atoms with Crippen molar-refractivity contribution in [2.45, 2.75) is 53.9 Å². The van der Waals surface area contributed by atoms with Crippen LogP contribution in [0.3, 0.4) is 0 Å². The Morgan fingerprint density at radius 3 is 2.32 bits per heavy atom. The Morgan fingerprint density at radius 2 is 1.79 bits per heavy atom. The van der Waals surface area contributed by atoms with E-state index in [1.54, 1.807) is 7.11 Å². The van der Waals surface area contributed by atoms with Gasteiger partial charge in [-0.3, -0.25) is 0 Å². The molecule has 0 radical (unpaired) electrons. The highest BCUT2D eigenvalue weighted by Crippen LogP contribution is 2.24. The number of nitrogens with one attached hydrogen (secondary N) is 1. The van der Waals surface area contributed by atoms with E-state index in [0.29, 0.717) is 0 Å². The van der Waals surface area contributed by atoms with E-state index in [9.17, 15) is 0 Å². The molecule has 0 fully saturated rings. The lowest BCUT2D eigenvalue weighted by molar-refractivity contribution is 0.415. The molecule has 1 aromatic heterocycles. The molecule has 1 aromatic carbocycles. The van der Waals surface area contributed by atoms with Crippen molar-refractivity contribution in [3.05, 3.63) is 30.0 Å². The minimum absolute atomic E-state index is 0. The van der Waals surface area contributed by atoms with E-state index >= 15 is 0 Å². The number of ether oxygens (including phenoxy) is 1. The lowest BCUT2D eigenvalue weighted by atomic mass is 10.1. The number of hydrogen-bond acceptors (Lipinski definition) is 1. The van der Waals surface area contributed by atoms with Crippen molar-refractivity contribution < 1.29 is 6.16 Å². The number of hydrogen-bond donors (Lipinski definition) is 1. The predicted octanol–water partition coefficient (Wildman–Crippen LogP) is 5.82. The number of aryl methyl sites for hydroxylation is 1. The van der Waals surface area contributed by atoms with Gasteiger partial charge in [-0.1, -0.05) is 47.5 Å². The first-order chi connectivity index (χ1) is 9.26. The van der Waals surface area contributed by atoms with Crippen molar-refractivity contribution in [2.75, 3.05) is 7.11 Å². The maximum atomic E-state index is 5.21. The number of benzene rings is 1. The van der Waals surface area contributed by atoms with Gasteiger partial charge in [-0.05, 0) is 30.2 Å². The van der Waals surface area contributed by atoms with Gasteiger partial charge in [0.25, 0.3) is 0 Å². The van der Waals surface area contributed by atoms with Crippen LogP contribution in [-0.2, 0) is 6.42 Å². The summed E-state index contributed by atoms with van der Waals surface area (Å²) < 4.78 is 5.21. The second-order valence-electron chi connectivity index (χ2n) is 4.18. The molecule has 110 valence electrons. The zero-order valence-electron chi connectivity index (χ0n) is 13.3. The van der Waals surface area contributed by atoms with E-state index in [1.165, 1.54) is 29.3 Å². The van der Waals surface area contributed by atoms with Crippen LogP contribution in [0.1, 0.15) is 54.5 Å². The smallest absolute Gasteiger partial charge is 0.119 e. The summed E-state index contributed by atoms with van der Waals surface area (Å²) in [5, 5.41) is 1.28. The number of fused-ring (bicyclic) bond motifs is 1. The minimum Gasteiger partial charge on any atom is -0.497 e. The van der Waals surface area contributed by atoms with Gasteiger partial charge in [0, 0.05) is 18.5 Å². The summed E-state index contributed by atoms with van der Waals surface area (Å²) in [6.07, 6.45) is 5.63. The van der Waals surface area contributed by atoms with Crippen LogP contribution < -0.4 is 4.74 Å². The summed E-state index contributed by atoms with van der Waals surface area (Å²) in [7, 11) is 1.70.